The van der Waals surface area contributed by atoms with E-state index in [1.165, 1.54) is 12.0 Å². The molecule has 1 aromatic rings. The minimum Gasteiger partial charge on any atom is -0.460 e. The third-order valence-electron chi connectivity index (χ3n) is 4.03. The molecule has 2 fully saturated rings. The quantitative estimate of drug-likeness (QED) is 0.629. The maximum atomic E-state index is 11.4. The first-order valence-electron chi connectivity index (χ1n) is 6.86. The monoisotopic (exact) mass is 279 g/mol. The highest BCUT2D eigenvalue weighted by atomic mass is 35.5. The van der Waals surface area contributed by atoms with Gasteiger partial charge in [-0.05, 0) is 24.9 Å². The summed E-state index contributed by atoms with van der Waals surface area (Å²) in [4.78, 5) is 13.9. The van der Waals surface area contributed by atoms with E-state index in [4.69, 9.17) is 16.3 Å². The van der Waals surface area contributed by atoms with Gasteiger partial charge in [0.25, 0.3) is 0 Å². The van der Waals surface area contributed by atoms with Crippen LogP contribution in [0.5, 0.6) is 0 Å². The largest absolute Gasteiger partial charge is 0.460 e. The van der Waals surface area contributed by atoms with E-state index in [1.807, 2.05) is 6.07 Å². The second-order valence-electron chi connectivity index (χ2n) is 5.34. The summed E-state index contributed by atoms with van der Waals surface area (Å²) >= 11 is 5.95. The number of esters is 1. The van der Waals surface area contributed by atoms with Crippen molar-refractivity contribution in [2.45, 2.75) is 43.3 Å². The molecule has 0 bridgehead atoms. The molecule has 1 unspecified atom stereocenters. The number of hydrogen-bond acceptors (Lipinski definition) is 3. The lowest BCUT2D eigenvalue weighted by molar-refractivity contribution is -0.143. The number of halogens is 1. The highest BCUT2D eigenvalue weighted by Gasteiger charge is 2.41. The van der Waals surface area contributed by atoms with Gasteiger partial charge >= 0.3 is 5.97 Å². The lowest BCUT2D eigenvalue weighted by atomic mass is 10.0. The molecule has 1 aromatic carbocycles. The van der Waals surface area contributed by atoms with Gasteiger partial charge in [0.2, 0.25) is 0 Å². The van der Waals surface area contributed by atoms with E-state index >= 15 is 0 Å². The Bertz CT molecular complexity index is 451. The van der Waals surface area contributed by atoms with E-state index in [0.29, 0.717) is 12.5 Å². The third-order valence-corrected chi connectivity index (χ3v) is 4.39. The molecule has 2 heterocycles. The van der Waals surface area contributed by atoms with Crippen LogP contribution in [0.3, 0.4) is 0 Å². The Morgan fingerprint density at radius 3 is 2.79 bits per heavy atom. The molecule has 19 heavy (non-hydrogen) atoms. The van der Waals surface area contributed by atoms with Crippen LogP contribution in [-0.4, -0.2) is 34.9 Å². The minimum absolute atomic E-state index is 0.0267. The number of cyclic esters (lactones) is 1. The summed E-state index contributed by atoms with van der Waals surface area (Å²) in [5.74, 6) is -0.252. The molecule has 0 aliphatic carbocycles. The lowest BCUT2D eigenvalue weighted by Crippen LogP contribution is -2.38. The molecule has 0 spiro atoms. The van der Waals surface area contributed by atoms with Gasteiger partial charge in [-0.15, -0.1) is 11.6 Å². The summed E-state index contributed by atoms with van der Waals surface area (Å²) in [5, 5.41) is -0.454. The number of ether oxygens (including phenoxy) is 1. The van der Waals surface area contributed by atoms with Gasteiger partial charge in [0.05, 0.1) is 0 Å². The molecule has 2 aliphatic heterocycles. The van der Waals surface area contributed by atoms with Crippen molar-refractivity contribution in [2.75, 3.05) is 6.54 Å². The van der Waals surface area contributed by atoms with Crippen LogP contribution in [0, 0.1) is 0 Å². The van der Waals surface area contributed by atoms with Gasteiger partial charge in [-0.25, -0.2) is 0 Å². The zero-order valence-electron chi connectivity index (χ0n) is 10.8. The Labute approximate surface area is 118 Å². The van der Waals surface area contributed by atoms with Crippen molar-refractivity contribution in [3.63, 3.8) is 0 Å². The molecule has 0 saturated carbocycles. The number of alkyl halides is 1. The van der Waals surface area contributed by atoms with Gasteiger partial charge in [-0.2, -0.15) is 0 Å². The van der Waals surface area contributed by atoms with E-state index in [1.54, 1.807) is 0 Å². The fraction of sp³-hybridized carbons (Fsp3) is 0.533. The average molecular weight is 280 g/mol. The van der Waals surface area contributed by atoms with Crippen molar-refractivity contribution in [1.29, 1.82) is 0 Å². The van der Waals surface area contributed by atoms with E-state index in [9.17, 15) is 4.79 Å². The molecule has 0 N–H and O–H groups in total. The first kappa shape index (κ1) is 12.9. The number of likely N-dealkylation sites (tertiary alicyclic amines) is 1. The number of nitrogens with zero attached hydrogens (tertiary/aromatic N) is 1. The topological polar surface area (TPSA) is 29.5 Å². The van der Waals surface area contributed by atoms with Crippen molar-refractivity contribution in [2.24, 2.45) is 0 Å². The van der Waals surface area contributed by atoms with E-state index < -0.39 is 5.38 Å². The van der Waals surface area contributed by atoms with Crippen molar-refractivity contribution < 1.29 is 9.53 Å². The fourth-order valence-corrected chi connectivity index (χ4v) is 3.32. The summed E-state index contributed by atoms with van der Waals surface area (Å²) in [5.41, 5.74) is 1.31. The maximum absolute atomic E-state index is 11.4. The molecule has 0 radical (unpaired) electrons. The van der Waals surface area contributed by atoms with Crippen LogP contribution in [0.1, 0.15) is 24.8 Å². The molecule has 4 heteroatoms. The van der Waals surface area contributed by atoms with Crippen LogP contribution in [0.4, 0.5) is 0 Å². The van der Waals surface area contributed by atoms with Crippen LogP contribution in [0.2, 0.25) is 0 Å². The molecule has 3 rings (SSSR count). The van der Waals surface area contributed by atoms with E-state index in [2.05, 4.69) is 29.2 Å². The molecule has 0 amide bonds. The first-order chi connectivity index (χ1) is 9.24. The van der Waals surface area contributed by atoms with Crippen LogP contribution >= 0.6 is 11.6 Å². The number of carbonyl (C=O) groups excluding carboxylic acids is 1. The van der Waals surface area contributed by atoms with Gasteiger partial charge in [-0.1, -0.05) is 30.3 Å². The number of carbonyl (C=O) groups is 1. The van der Waals surface area contributed by atoms with Gasteiger partial charge in [0.15, 0.2) is 0 Å². The van der Waals surface area contributed by atoms with Gasteiger partial charge in [0.1, 0.15) is 11.5 Å². The standard InChI is InChI=1S/C15H18ClNO2/c16-12-9-14(19-15(12)18)13-7-4-8-17(13)10-11-5-2-1-3-6-11/h1-3,5-6,12-14H,4,7-10H2/t12?,13-,14+/m0/s1. The van der Waals surface area contributed by atoms with Gasteiger partial charge in [0, 0.05) is 19.0 Å². The highest BCUT2D eigenvalue weighted by Crippen LogP contribution is 2.31. The molecule has 3 atom stereocenters. The summed E-state index contributed by atoms with van der Waals surface area (Å²) in [6, 6.07) is 10.8. The van der Waals surface area contributed by atoms with Crippen LogP contribution < -0.4 is 0 Å². The zero-order valence-corrected chi connectivity index (χ0v) is 11.6. The number of benzene rings is 1. The summed E-state index contributed by atoms with van der Waals surface area (Å²) < 4.78 is 5.41. The maximum Gasteiger partial charge on any atom is 0.324 e. The third kappa shape index (κ3) is 2.77. The lowest BCUT2D eigenvalue weighted by Gasteiger charge is -2.28. The summed E-state index contributed by atoms with van der Waals surface area (Å²) in [6.45, 7) is 1.99. The number of rotatable bonds is 3. The SMILES string of the molecule is O=C1O[C@@H]([C@@H]2CCCN2Cc2ccccc2)CC1Cl. The van der Waals surface area contributed by atoms with Crippen molar-refractivity contribution in [1.82, 2.24) is 4.90 Å². The second kappa shape index (κ2) is 5.51. The smallest absolute Gasteiger partial charge is 0.324 e. The van der Waals surface area contributed by atoms with E-state index in [0.717, 1.165) is 19.5 Å². The molecular formula is C15H18ClNO2. The predicted molar refractivity (Wildman–Crippen MR) is 74.0 cm³/mol. The number of hydrogen-bond donors (Lipinski definition) is 0. The minimum atomic E-state index is -0.454. The van der Waals surface area contributed by atoms with Crippen molar-refractivity contribution >= 4 is 17.6 Å². The first-order valence-corrected chi connectivity index (χ1v) is 7.30. The Morgan fingerprint density at radius 2 is 2.11 bits per heavy atom. The second-order valence-corrected chi connectivity index (χ2v) is 5.87. The molecule has 0 aromatic heterocycles. The molecular weight excluding hydrogens is 262 g/mol. The molecule has 102 valence electrons. The predicted octanol–water partition coefficient (Wildman–Crippen LogP) is 2.57. The van der Waals surface area contributed by atoms with Crippen LogP contribution in [0.15, 0.2) is 30.3 Å². The Kier molecular flexibility index (Phi) is 3.76. The fourth-order valence-electron chi connectivity index (χ4n) is 3.09. The molecule has 2 aliphatic rings. The average Bonchev–Trinajstić information content (AvgIpc) is 2.99. The Morgan fingerprint density at radius 1 is 1.32 bits per heavy atom. The van der Waals surface area contributed by atoms with Crippen LogP contribution in [-0.2, 0) is 16.1 Å². The summed E-state index contributed by atoms with van der Waals surface area (Å²) in [7, 11) is 0. The Hall–Kier alpha value is -1.06. The van der Waals surface area contributed by atoms with E-state index in [-0.39, 0.29) is 12.1 Å². The van der Waals surface area contributed by atoms with Crippen LogP contribution in [0.25, 0.3) is 0 Å². The normalized spacial score (nSPS) is 31.6. The molecule has 3 nitrogen and oxygen atoms in total. The summed E-state index contributed by atoms with van der Waals surface area (Å²) in [6.07, 6.45) is 2.88. The van der Waals surface area contributed by atoms with Gasteiger partial charge in [-0.3, -0.25) is 9.69 Å². The van der Waals surface area contributed by atoms with Crippen molar-refractivity contribution in [3.05, 3.63) is 35.9 Å². The van der Waals surface area contributed by atoms with Crippen molar-refractivity contribution in [3.8, 4) is 0 Å². The van der Waals surface area contributed by atoms with Gasteiger partial charge < -0.3 is 4.74 Å². The zero-order chi connectivity index (χ0) is 13.2. The highest BCUT2D eigenvalue weighted by molar-refractivity contribution is 6.30. The Balaban J connectivity index is 1.67. The molecule has 2 saturated heterocycles.